The molecule has 41 heavy (non-hydrogen) atoms. The highest BCUT2D eigenvalue weighted by Gasteiger charge is 2.38. The molecule has 0 aliphatic heterocycles. The molecule has 0 amide bonds. The third kappa shape index (κ3) is 6.52. The summed E-state index contributed by atoms with van der Waals surface area (Å²) in [6.07, 6.45) is 0.461. The zero-order chi connectivity index (χ0) is 29.5. The highest BCUT2D eigenvalue weighted by atomic mass is 35.5. The Labute approximate surface area is 238 Å². The summed E-state index contributed by atoms with van der Waals surface area (Å²) in [7, 11) is -1.29. The fourth-order valence-corrected chi connectivity index (χ4v) is 5.08. The summed E-state index contributed by atoms with van der Waals surface area (Å²) in [6.45, 7) is 7.24. The van der Waals surface area contributed by atoms with Gasteiger partial charge in [0.05, 0.1) is 10.9 Å². The standard InChI is InChI=1S/C26H26ClF4N7O2Si/c1-41(2,3)7-6-39-14-37-11-16(9-32)20-22(37)35-25(27)36-24(20)40-13-15-8-18(28)21(33-10-15)23-34-19(26(29,30)31)12-38(23)17-4-5-17/h8,10-12,17H,4-7,13-14H2,1-3H3. The average Bonchev–Trinajstić information content (AvgIpc) is 3.53. The number of ether oxygens (including phenoxy) is 2. The Hall–Kier alpha value is -3.54. The van der Waals surface area contributed by atoms with E-state index in [0.29, 0.717) is 30.5 Å². The number of imidazole rings is 1. The third-order valence-electron chi connectivity index (χ3n) is 6.45. The van der Waals surface area contributed by atoms with Gasteiger partial charge in [0.2, 0.25) is 11.2 Å². The molecule has 0 N–H and O–H groups in total. The van der Waals surface area contributed by atoms with Gasteiger partial charge in [-0.05, 0) is 36.6 Å². The van der Waals surface area contributed by atoms with Crippen LogP contribution in [0.4, 0.5) is 17.6 Å². The maximum Gasteiger partial charge on any atom is 0.434 e. The number of aromatic nitrogens is 6. The number of halogens is 5. The minimum atomic E-state index is -4.66. The van der Waals surface area contributed by atoms with E-state index in [9.17, 15) is 18.4 Å². The first-order valence-electron chi connectivity index (χ1n) is 12.8. The molecule has 1 fully saturated rings. The summed E-state index contributed by atoms with van der Waals surface area (Å²) in [5, 5.41) is 9.92. The molecule has 216 valence electrons. The van der Waals surface area contributed by atoms with Gasteiger partial charge < -0.3 is 18.6 Å². The Kier molecular flexibility index (Phi) is 7.79. The summed E-state index contributed by atoms with van der Waals surface area (Å²) < 4.78 is 69.5. The van der Waals surface area contributed by atoms with Gasteiger partial charge in [0.25, 0.3) is 0 Å². The van der Waals surface area contributed by atoms with Crippen molar-refractivity contribution >= 4 is 30.7 Å². The van der Waals surface area contributed by atoms with E-state index in [4.69, 9.17) is 21.1 Å². The Balaban J connectivity index is 1.37. The van der Waals surface area contributed by atoms with Crippen molar-refractivity contribution in [3.63, 3.8) is 0 Å². The number of hydrogen-bond acceptors (Lipinski definition) is 7. The molecule has 4 aromatic heterocycles. The SMILES string of the molecule is C[Si](C)(C)CCOCn1cc(C#N)c2c(OCc3cnc(-c4nc(C(F)(F)F)cn4C4CC4)c(F)c3)nc(Cl)nc21. The van der Waals surface area contributed by atoms with Crippen LogP contribution in [0.2, 0.25) is 31.0 Å². The summed E-state index contributed by atoms with van der Waals surface area (Å²) in [5.74, 6) is -1.01. The summed E-state index contributed by atoms with van der Waals surface area (Å²) >= 11 is 6.15. The molecule has 0 saturated heterocycles. The van der Waals surface area contributed by atoms with E-state index in [-0.39, 0.29) is 53.2 Å². The second-order valence-electron chi connectivity index (χ2n) is 11.0. The smallest absolute Gasteiger partial charge is 0.434 e. The molecule has 9 nitrogen and oxygen atoms in total. The number of rotatable bonds is 10. The molecule has 0 spiro atoms. The predicted octanol–water partition coefficient (Wildman–Crippen LogP) is 6.60. The molecule has 0 bridgehead atoms. The highest BCUT2D eigenvalue weighted by Crippen LogP contribution is 2.41. The van der Waals surface area contributed by atoms with Gasteiger partial charge in [-0.1, -0.05) is 19.6 Å². The minimum absolute atomic E-state index is 0.0148. The molecule has 4 heterocycles. The van der Waals surface area contributed by atoms with Crippen molar-refractivity contribution in [1.82, 2.24) is 29.1 Å². The highest BCUT2D eigenvalue weighted by molar-refractivity contribution is 6.76. The van der Waals surface area contributed by atoms with Crippen molar-refractivity contribution in [2.45, 2.75) is 64.1 Å². The molecule has 0 radical (unpaired) electrons. The molecule has 1 aliphatic rings. The summed E-state index contributed by atoms with van der Waals surface area (Å²) in [6, 6.07) is 4.01. The van der Waals surface area contributed by atoms with Crippen LogP contribution in [0.1, 0.15) is 35.7 Å². The van der Waals surface area contributed by atoms with Crippen LogP contribution >= 0.6 is 11.6 Å². The predicted molar refractivity (Wildman–Crippen MR) is 144 cm³/mol. The lowest BCUT2D eigenvalue weighted by molar-refractivity contribution is -0.140. The quantitative estimate of drug-likeness (QED) is 0.0866. The maximum atomic E-state index is 15.1. The topological polar surface area (TPSA) is 104 Å². The van der Waals surface area contributed by atoms with Gasteiger partial charge in [0.1, 0.15) is 25.1 Å². The van der Waals surface area contributed by atoms with Crippen molar-refractivity contribution in [2.75, 3.05) is 6.61 Å². The van der Waals surface area contributed by atoms with Crippen LogP contribution in [0, 0.1) is 17.1 Å². The Morgan fingerprint density at radius 3 is 2.56 bits per heavy atom. The molecular formula is C26H26ClF4N7O2Si. The Bertz CT molecular complexity index is 1640. The molecule has 1 aliphatic carbocycles. The normalized spacial score (nSPS) is 14.0. The van der Waals surface area contributed by atoms with Gasteiger partial charge in [-0.3, -0.25) is 0 Å². The van der Waals surface area contributed by atoms with Crippen LogP contribution in [0.25, 0.3) is 22.6 Å². The number of fused-ring (bicyclic) bond motifs is 1. The third-order valence-corrected chi connectivity index (χ3v) is 8.32. The van der Waals surface area contributed by atoms with Crippen molar-refractivity contribution in [3.8, 4) is 23.5 Å². The van der Waals surface area contributed by atoms with Gasteiger partial charge in [-0.25, -0.2) is 14.4 Å². The second-order valence-corrected chi connectivity index (χ2v) is 17.0. The van der Waals surface area contributed by atoms with Gasteiger partial charge in [0.15, 0.2) is 23.0 Å². The number of pyridine rings is 1. The molecule has 1 saturated carbocycles. The fourth-order valence-electron chi connectivity index (χ4n) is 4.17. The van der Waals surface area contributed by atoms with E-state index >= 15 is 4.39 Å². The van der Waals surface area contributed by atoms with Crippen LogP contribution in [0.15, 0.2) is 24.7 Å². The number of hydrogen-bond donors (Lipinski definition) is 0. The zero-order valence-corrected chi connectivity index (χ0v) is 24.2. The van der Waals surface area contributed by atoms with E-state index in [1.807, 2.05) is 0 Å². The fraction of sp³-hybridized carbons (Fsp3) is 0.423. The van der Waals surface area contributed by atoms with Gasteiger partial charge in [-0.2, -0.15) is 28.4 Å². The van der Waals surface area contributed by atoms with Crippen LogP contribution < -0.4 is 4.74 Å². The van der Waals surface area contributed by atoms with Crippen molar-refractivity contribution < 1.29 is 27.0 Å². The van der Waals surface area contributed by atoms with E-state index in [1.165, 1.54) is 10.8 Å². The first-order valence-corrected chi connectivity index (χ1v) is 16.9. The first-order chi connectivity index (χ1) is 19.3. The largest absolute Gasteiger partial charge is 0.472 e. The van der Waals surface area contributed by atoms with Crippen molar-refractivity contribution in [3.05, 3.63) is 52.6 Å². The molecule has 15 heteroatoms. The lowest BCUT2D eigenvalue weighted by Gasteiger charge is -2.15. The molecule has 0 unspecified atom stereocenters. The van der Waals surface area contributed by atoms with Crippen LogP contribution in [-0.2, 0) is 24.3 Å². The molecule has 0 atom stereocenters. The molecule has 0 aromatic carbocycles. The van der Waals surface area contributed by atoms with E-state index in [1.54, 1.807) is 10.8 Å². The molecule has 4 aromatic rings. The lowest BCUT2D eigenvalue weighted by atomic mass is 10.2. The summed E-state index contributed by atoms with van der Waals surface area (Å²) in [4.78, 5) is 16.1. The van der Waals surface area contributed by atoms with Gasteiger partial charge >= 0.3 is 6.18 Å². The number of alkyl halides is 3. The zero-order valence-electron chi connectivity index (χ0n) is 22.5. The Morgan fingerprint density at radius 2 is 1.93 bits per heavy atom. The van der Waals surface area contributed by atoms with E-state index in [0.717, 1.165) is 18.3 Å². The summed E-state index contributed by atoms with van der Waals surface area (Å²) in [5.41, 5.74) is -0.521. The van der Waals surface area contributed by atoms with E-state index in [2.05, 4.69) is 45.6 Å². The minimum Gasteiger partial charge on any atom is -0.472 e. The maximum absolute atomic E-state index is 15.1. The van der Waals surface area contributed by atoms with Crippen LogP contribution in [0.5, 0.6) is 5.88 Å². The molecule has 5 rings (SSSR count). The first kappa shape index (κ1) is 29.0. The van der Waals surface area contributed by atoms with Crippen molar-refractivity contribution in [1.29, 1.82) is 5.26 Å². The van der Waals surface area contributed by atoms with Crippen molar-refractivity contribution in [2.24, 2.45) is 0 Å². The molecular weight excluding hydrogens is 582 g/mol. The van der Waals surface area contributed by atoms with Crippen LogP contribution in [0.3, 0.4) is 0 Å². The lowest BCUT2D eigenvalue weighted by Crippen LogP contribution is -2.22. The number of nitrogens with zero attached hydrogens (tertiary/aromatic N) is 7. The Morgan fingerprint density at radius 1 is 1.17 bits per heavy atom. The average molecular weight is 608 g/mol. The van der Waals surface area contributed by atoms with Crippen LogP contribution in [-0.4, -0.2) is 43.8 Å². The van der Waals surface area contributed by atoms with Gasteiger partial charge in [-0.15, -0.1) is 0 Å². The van der Waals surface area contributed by atoms with E-state index < -0.39 is 25.8 Å². The number of nitriles is 1. The monoisotopic (exact) mass is 607 g/mol. The van der Waals surface area contributed by atoms with Gasteiger partial charge in [0, 0.05) is 44.9 Å². The second kappa shape index (κ2) is 11.0.